The van der Waals surface area contributed by atoms with Crippen LogP contribution in [0.2, 0.25) is 0 Å². The van der Waals surface area contributed by atoms with E-state index in [-0.39, 0.29) is 11.1 Å². The lowest BCUT2D eigenvalue weighted by Crippen LogP contribution is -2.51. The van der Waals surface area contributed by atoms with Crippen LogP contribution in [0.25, 0.3) is 0 Å². The SMILES string of the molecule is C=CN(C(C)(C)C)C(C)(C)CC(C)C. The van der Waals surface area contributed by atoms with Crippen LogP contribution < -0.4 is 0 Å². The van der Waals surface area contributed by atoms with Gasteiger partial charge in [-0.15, -0.1) is 0 Å². The Kier molecular flexibility index (Phi) is 4.23. The van der Waals surface area contributed by atoms with Crippen molar-refractivity contribution in [2.24, 2.45) is 5.92 Å². The third kappa shape index (κ3) is 3.73. The third-order valence-electron chi connectivity index (χ3n) is 2.47. The highest BCUT2D eigenvalue weighted by atomic mass is 15.2. The third-order valence-corrected chi connectivity index (χ3v) is 2.47. The molecule has 0 N–H and O–H groups in total. The van der Waals surface area contributed by atoms with Gasteiger partial charge in [-0.25, -0.2) is 0 Å². The fourth-order valence-electron chi connectivity index (χ4n) is 2.53. The van der Waals surface area contributed by atoms with Crippen LogP contribution in [0.4, 0.5) is 0 Å². The Labute approximate surface area is 90.2 Å². The molecular weight excluding hydrogens is 170 g/mol. The topological polar surface area (TPSA) is 3.24 Å². The van der Waals surface area contributed by atoms with E-state index in [9.17, 15) is 0 Å². The summed E-state index contributed by atoms with van der Waals surface area (Å²) >= 11 is 0. The van der Waals surface area contributed by atoms with Gasteiger partial charge in [-0.1, -0.05) is 20.4 Å². The number of nitrogens with zero attached hydrogens (tertiary/aromatic N) is 1. The summed E-state index contributed by atoms with van der Waals surface area (Å²) in [6.07, 6.45) is 3.17. The zero-order chi connectivity index (χ0) is 11.6. The molecule has 14 heavy (non-hydrogen) atoms. The van der Waals surface area contributed by atoms with Gasteiger partial charge in [-0.3, -0.25) is 0 Å². The average molecular weight is 197 g/mol. The molecule has 0 aliphatic heterocycles. The monoisotopic (exact) mass is 197 g/mol. The van der Waals surface area contributed by atoms with Crippen LogP contribution in [0.15, 0.2) is 12.8 Å². The highest BCUT2D eigenvalue weighted by Crippen LogP contribution is 2.30. The maximum atomic E-state index is 3.93. The van der Waals surface area contributed by atoms with Gasteiger partial charge >= 0.3 is 0 Å². The maximum Gasteiger partial charge on any atom is 0.0348 e. The molecule has 0 aliphatic rings. The van der Waals surface area contributed by atoms with Crippen molar-refractivity contribution < 1.29 is 0 Å². The van der Waals surface area contributed by atoms with E-state index in [0.29, 0.717) is 0 Å². The van der Waals surface area contributed by atoms with Gasteiger partial charge in [0.1, 0.15) is 0 Å². The van der Waals surface area contributed by atoms with Crippen LogP contribution >= 0.6 is 0 Å². The fraction of sp³-hybridized carbons (Fsp3) is 0.846. The summed E-state index contributed by atoms with van der Waals surface area (Å²) in [5.74, 6) is 0.717. The normalized spacial score (nSPS) is 13.1. The van der Waals surface area contributed by atoms with Gasteiger partial charge in [0.05, 0.1) is 0 Å². The fourth-order valence-corrected chi connectivity index (χ4v) is 2.53. The van der Waals surface area contributed by atoms with Gasteiger partial charge in [0.15, 0.2) is 0 Å². The Morgan fingerprint density at radius 2 is 1.57 bits per heavy atom. The van der Waals surface area contributed by atoms with Crippen molar-refractivity contribution in [3.63, 3.8) is 0 Å². The second kappa shape index (κ2) is 4.37. The molecule has 0 amide bonds. The van der Waals surface area contributed by atoms with Gasteiger partial charge in [0.25, 0.3) is 0 Å². The summed E-state index contributed by atoms with van der Waals surface area (Å²) in [5, 5.41) is 0. The van der Waals surface area contributed by atoms with E-state index >= 15 is 0 Å². The largest absolute Gasteiger partial charge is 0.368 e. The molecule has 0 radical (unpaired) electrons. The maximum absolute atomic E-state index is 3.93. The van der Waals surface area contributed by atoms with Crippen molar-refractivity contribution in [1.29, 1.82) is 0 Å². The zero-order valence-corrected chi connectivity index (χ0v) is 11.0. The minimum Gasteiger partial charge on any atom is -0.368 e. The molecule has 84 valence electrons. The molecule has 0 rings (SSSR count). The van der Waals surface area contributed by atoms with Crippen molar-refractivity contribution in [2.45, 2.75) is 66.0 Å². The van der Waals surface area contributed by atoms with Gasteiger partial charge in [0, 0.05) is 11.1 Å². The van der Waals surface area contributed by atoms with Gasteiger partial charge in [0.2, 0.25) is 0 Å². The first kappa shape index (κ1) is 13.5. The Hall–Kier alpha value is -0.460. The van der Waals surface area contributed by atoms with Gasteiger partial charge in [-0.05, 0) is 53.2 Å². The molecule has 0 fully saturated rings. The Morgan fingerprint density at radius 1 is 1.14 bits per heavy atom. The summed E-state index contributed by atoms with van der Waals surface area (Å²) in [7, 11) is 0. The quantitative estimate of drug-likeness (QED) is 0.657. The van der Waals surface area contributed by atoms with Crippen molar-refractivity contribution in [2.75, 3.05) is 0 Å². The molecule has 1 heteroatoms. The standard InChI is InChI=1S/C13H27N/c1-9-14(12(4,5)6)13(7,8)10-11(2)3/h9,11H,1,10H2,2-8H3. The molecule has 1 nitrogen and oxygen atoms in total. The minimum absolute atomic E-state index is 0.153. The van der Waals surface area contributed by atoms with E-state index in [1.165, 1.54) is 6.42 Å². The summed E-state index contributed by atoms with van der Waals surface area (Å²) in [6, 6.07) is 0. The summed E-state index contributed by atoms with van der Waals surface area (Å²) in [6.45, 7) is 19.7. The molecule has 0 aromatic carbocycles. The lowest BCUT2D eigenvalue weighted by molar-refractivity contribution is 0.0661. The number of hydrogen-bond donors (Lipinski definition) is 0. The molecule has 0 spiro atoms. The van der Waals surface area contributed by atoms with E-state index in [1.807, 2.05) is 6.20 Å². The summed E-state index contributed by atoms with van der Waals surface area (Å²) in [5.41, 5.74) is 0.342. The van der Waals surface area contributed by atoms with Crippen LogP contribution in [0, 0.1) is 5.92 Å². The Bertz CT molecular complexity index is 184. The van der Waals surface area contributed by atoms with Crippen LogP contribution in [-0.2, 0) is 0 Å². The molecule has 0 heterocycles. The predicted molar refractivity (Wildman–Crippen MR) is 65.3 cm³/mol. The lowest BCUT2D eigenvalue weighted by atomic mass is 9.87. The second-order valence-corrected chi connectivity index (χ2v) is 6.13. The number of hydrogen-bond acceptors (Lipinski definition) is 1. The van der Waals surface area contributed by atoms with Crippen molar-refractivity contribution in [3.05, 3.63) is 12.8 Å². The average Bonchev–Trinajstić information content (AvgIpc) is 1.79. The molecule has 0 saturated carbocycles. The van der Waals surface area contributed by atoms with E-state index in [4.69, 9.17) is 0 Å². The molecule has 0 aromatic rings. The van der Waals surface area contributed by atoms with Crippen LogP contribution in [-0.4, -0.2) is 16.0 Å². The van der Waals surface area contributed by atoms with Crippen molar-refractivity contribution in [3.8, 4) is 0 Å². The zero-order valence-electron chi connectivity index (χ0n) is 11.0. The van der Waals surface area contributed by atoms with E-state index < -0.39 is 0 Å². The van der Waals surface area contributed by atoms with Crippen LogP contribution in [0.5, 0.6) is 0 Å². The van der Waals surface area contributed by atoms with E-state index in [0.717, 1.165) is 5.92 Å². The first-order valence-corrected chi connectivity index (χ1v) is 5.53. The van der Waals surface area contributed by atoms with E-state index in [2.05, 4.69) is 59.9 Å². The number of rotatable bonds is 4. The minimum atomic E-state index is 0.153. The molecule has 0 unspecified atom stereocenters. The first-order valence-electron chi connectivity index (χ1n) is 5.53. The highest BCUT2D eigenvalue weighted by Gasteiger charge is 2.32. The summed E-state index contributed by atoms with van der Waals surface area (Å²) in [4.78, 5) is 2.36. The molecular formula is C13H27N. The smallest absolute Gasteiger partial charge is 0.0348 e. The molecule has 0 aromatic heterocycles. The highest BCUT2D eigenvalue weighted by molar-refractivity contribution is 4.95. The van der Waals surface area contributed by atoms with Gasteiger partial charge in [-0.2, -0.15) is 0 Å². The second-order valence-electron chi connectivity index (χ2n) is 6.13. The lowest BCUT2D eigenvalue weighted by Gasteiger charge is -2.47. The molecule has 0 aliphatic carbocycles. The Balaban J connectivity index is 4.74. The first-order chi connectivity index (χ1) is 6.11. The van der Waals surface area contributed by atoms with Gasteiger partial charge < -0.3 is 4.90 Å². The molecule has 0 bridgehead atoms. The molecule has 0 atom stereocenters. The van der Waals surface area contributed by atoms with Crippen LogP contribution in [0.3, 0.4) is 0 Å². The van der Waals surface area contributed by atoms with E-state index in [1.54, 1.807) is 0 Å². The van der Waals surface area contributed by atoms with Crippen molar-refractivity contribution >= 4 is 0 Å². The van der Waals surface area contributed by atoms with Crippen molar-refractivity contribution in [1.82, 2.24) is 4.90 Å². The summed E-state index contributed by atoms with van der Waals surface area (Å²) < 4.78 is 0. The predicted octanol–water partition coefficient (Wildman–Crippen LogP) is 4.06. The molecule has 0 saturated heterocycles. The van der Waals surface area contributed by atoms with Crippen LogP contribution in [0.1, 0.15) is 54.9 Å². The Morgan fingerprint density at radius 3 is 1.79 bits per heavy atom.